The molecule has 5 heteroatoms. The molecule has 0 radical (unpaired) electrons. The molecule has 0 bridgehead atoms. The summed E-state index contributed by atoms with van der Waals surface area (Å²) < 4.78 is 2.20. The van der Waals surface area contributed by atoms with Crippen molar-refractivity contribution in [2.45, 2.75) is 37.2 Å². The quantitative estimate of drug-likeness (QED) is 0.468. The van der Waals surface area contributed by atoms with Crippen LogP contribution in [0.3, 0.4) is 0 Å². The molecular formula is C15H22N4S. The van der Waals surface area contributed by atoms with Crippen molar-refractivity contribution < 1.29 is 0 Å². The normalized spacial score (nSPS) is 12.6. The fourth-order valence-corrected chi connectivity index (χ4v) is 2.67. The van der Waals surface area contributed by atoms with Crippen LogP contribution >= 0.6 is 11.8 Å². The molecule has 2 rings (SSSR count). The summed E-state index contributed by atoms with van der Waals surface area (Å²) in [5.41, 5.74) is 4.09. The first-order valence-electron chi connectivity index (χ1n) is 6.88. The lowest BCUT2D eigenvalue weighted by Crippen LogP contribution is -2.30. The SMILES string of the molecule is CCCn1ccnc1CC(NN)c1ccc(SC)cc1. The summed E-state index contributed by atoms with van der Waals surface area (Å²) >= 11 is 1.74. The molecule has 4 nitrogen and oxygen atoms in total. The van der Waals surface area contributed by atoms with Crippen LogP contribution in [0.2, 0.25) is 0 Å². The van der Waals surface area contributed by atoms with E-state index in [1.165, 1.54) is 10.5 Å². The van der Waals surface area contributed by atoms with Crippen LogP contribution in [0.4, 0.5) is 0 Å². The first-order chi connectivity index (χ1) is 9.78. The Bertz CT molecular complexity index is 521. The minimum atomic E-state index is 0.0870. The maximum atomic E-state index is 5.72. The molecule has 1 atom stereocenters. The smallest absolute Gasteiger partial charge is 0.110 e. The van der Waals surface area contributed by atoms with E-state index in [1.807, 2.05) is 12.4 Å². The molecule has 20 heavy (non-hydrogen) atoms. The number of benzene rings is 1. The number of hydrogen-bond donors (Lipinski definition) is 2. The Morgan fingerprint density at radius 2 is 2.10 bits per heavy atom. The van der Waals surface area contributed by atoms with Crippen molar-refractivity contribution in [3.8, 4) is 0 Å². The van der Waals surface area contributed by atoms with Gasteiger partial charge in [-0.15, -0.1) is 11.8 Å². The second-order valence-corrected chi connectivity index (χ2v) is 5.61. The molecule has 1 aromatic carbocycles. The highest BCUT2D eigenvalue weighted by atomic mass is 32.2. The van der Waals surface area contributed by atoms with Crippen LogP contribution < -0.4 is 11.3 Å². The minimum absolute atomic E-state index is 0.0870. The topological polar surface area (TPSA) is 55.9 Å². The van der Waals surface area contributed by atoms with Crippen molar-refractivity contribution in [1.29, 1.82) is 0 Å². The van der Waals surface area contributed by atoms with Gasteiger partial charge < -0.3 is 4.57 Å². The summed E-state index contributed by atoms with van der Waals surface area (Å²) in [6.07, 6.45) is 7.86. The van der Waals surface area contributed by atoms with Gasteiger partial charge in [0.1, 0.15) is 5.82 Å². The van der Waals surface area contributed by atoms with E-state index in [2.05, 4.69) is 52.4 Å². The summed E-state index contributed by atoms with van der Waals surface area (Å²) in [5.74, 6) is 6.80. The van der Waals surface area contributed by atoms with Crippen molar-refractivity contribution >= 4 is 11.8 Å². The first kappa shape index (κ1) is 15.1. The van der Waals surface area contributed by atoms with Crippen LogP contribution in [0.5, 0.6) is 0 Å². The molecule has 0 aliphatic carbocycles. The molecule has 0 amide bonds. The number of aromatic nitrogens is 2. The van der Waals surface area contributed by atoms with Gasteiger partial charge in [0.05, 0.1) is 6.04 Å². The lowest BCUT2D eigenvalue weighted by atomic mass is 10.0. The van der Waals surface area contributed by atoms with Crippen molar-refractivity contribution in [3.63, 3.8) is 0 Å². The minimum Gasteiger partial charge on any atom is -0.335 e. The van der Waals surface area contributed by atoms with E-state index in [1.54, 1.807) is 11.8 Å². The highest BCUT2D eigenvalue weighted by molar-refractivity contribution is 7.98. The number of hydrogen-bond acceptors (Lipinski definition) is 4. The predicted molar refractivity (Wildman–Crippen MR) is 84.5 cm³/mol. The van der Waals surface area contributed by atoms with Crippen LogP contribution in [0.25, 0.3) is 0 Å². The highest BCUT2D eigenvalue weighted by Gasteiger charge is 2.13. The van der Waals surface area contributed by atoms with E-state index in [-0.39, 0.29) is 6.04 Å². The molecule has 0 aliphatic rings. The summed E-state index contributed by atoms with van der Waals surface area (Å²) in [6, 6.07) is 8.60. The average Bonchev–Trinajstić information content (AvgIpc) is 2.92. The second kappa shape index (κ2) is 7.47. The van der Waals surface area contributed by atoms with E-state index in [0.29, 0.717) is 0 Å². The predicted octanol–water partition coefficient (Wildman–Crippen LogP) is 2.76. The molecule has 108 valence electrons. The Morgan fingerprint density at radius 1 is 1.35 bits per heavy atom. The fraction of sp³-hybridized carbons (Fsp3) is 0.400. The van der Waals surface area contributed by atoms with Gasteiger partial charge in [-0.3, -0.25) is 11.3 Å². The zero-order valence-corrected chi connectivity index (χ0v) is 12.9. The van der Waals surface area contributed by atoms with Gasteiger partial charge in [-0.05, 0) is 30.4 Å². The van der Waals surface area contributed by atoms with Crippen LogP contribution in [0.15, 0.2) is 41.6 Å². The number of aryl methyl sites for hydroxylation is 1. The van der Waals surface area contributed by atoms with Gasteiger partial charge in [0.15, 0.2) is 0 Å². The van der Waals surface area contributed by atoms with Gasteiger partial charge in [0, 0.05) is 30.3 Å². The molecule has 3 N–H and O–H groups in total. The molecule has 0 saturated heterocycles. The molecule has 0 aliphatic heterocycles. The van der Waals surface area contributed by atoms with Gasteiger partial charge in [0.25, 0.3) is 0 Å². The largest absolute Gasteiger partial charge is 0.335 e. The number of imidazole rings is 1. The van der Waals surface area contributed by atoms with Gasteiger partial charge >= 0.3 is 0 Å². The van der Waals surface area contributed by atoms with E-state index < -0.39 is 0 Å². The molecule has 0 saturated carbocycles. The van der Waals surface area contributed by atoms with Gasteiger partial charge in [0.2, 0.25) is 0 Å². The molecule has 1 heterocycles. The zero-order valence-electron chi connectivity index (χ0n) is 12.0. The van der Waals surface area contributed by atoms with E-state index >= 15 is 0 Å². The molecule has 0 fully saturated rings. The van der Waals surface area contributed by atoms with E-state index in [9.17, 15) is 0 Å². The van der Waals surface area contributed by atoms with Gasteiger partial charge in [-0.1, -0.05) is 19.1 Å². The van der Waals surface area contributed by atoms with Crippen LogP contribution in [0, 0.1) is 0 Å². The number of nitrogens with zero attached hydrogens (tertiary/aromatic N) is 2. The summed E-state index contributed by atoms with van der Waals surface area (Å²) in [7, 11) is 0. The van der Waals surface area contributed by atoms with Gasteiger partial charge in [-0.2, -0.15) is 0 Å². The van der Waals surface area contributed by atoms with Crippen LogP contribution in [-0.2, 0) is 13.0 Å². The maximum absolute atomic E-state index is 5.72. The summed E-state index contributed by atoms with van der Waals surface area (Å²) in [5, 5.41) is 0. The van der Waals surface area contributed by atoms with Crippen molar-refractivity contribution in [2.24, 2.45) is 5.84 Å². The first-order valence-corrected chi connectivity index (χ1v) is 8.11. The number of nitrogens with one attached hydrogen (secondary N) is 1. The summed E-state index contributed by atoms with van der Waals surface area (Å²) in [4.78, 5) is 5.71. The van der Waals surface area contributed by atoms with Crippen LogP contribution in [-0.4, -0.2) is 15.8 Å². The third-order valence-corrected chi connectivity index (χ3v) is 4.12. The number of nitrogens with two attached hydrogens (primary N) is 1. The molecule has 0 spiro atoms. The Balaban J connectivity index is 2.13. The Hall–Kier alpha value is -1.30. The number of rotatable bonds is 7. The van der Waals surface area contributed by atoms with Crippen molar-refractivity contribution in [3.05, 3.63) is 48.0 Å². The zero-order chi connectivity index (χ0) is 14.4. The molecule has 1 unspecified atom stereocenters. The third kappa shape index (κ3) is 3.62. The second-order valence-electron chi connectivity index (χ2n) is 4.73. The Labute approximate surface area is 124 Å². The van der Waals surface area contributed by atoms with Crippen molar-refractivity contribution in [2.75, 3.05) is 6.26 Å². The lowest BCUT2D eigenvalue weighted by molar-refractivity contribution is 0.517. The number of hydrazine groups is 1. The van der Waals surface area contributed by atoms with E-state index in [4.69, 9.17) is 5.84 Å². The standard InChI is InChI=1S/C15H22N4S/c1-3-9-19-10-8-17-15(19)11-14(18-16)12-4-6-13(20-2)7-5-12/h4-8,10,14,18H,3,9,11,16H2,1-2H3. The average molecular weight is 290 g/mol. The summed E-state index contributed by atoms with van der Waals surface area (Å²) in [6.45, 7) is 3.17. The monoisotopic (exact) mass is 290 g/mol. The molecule has 1 aromatic heterocycles. The Morgan fingerprint density at radius 3 is 2.70 bits per heavy atom. The molecular weight excluding hydrogens is 268 g/mol. The van der Waals surface area contributed by atoms with Gasteiger partial charge in [-0.25, -0.2) is 4.98 Å². The van der Waals surface area contributed by atoms with E-state index in [0.717, 1.165) is 25.2 Å². The fourth-order valence-electron chi connectivity index (χ4n) is 2.27. The third-order valence-electron chi connectivity index (χ3n) is 3.37. The van der Waals surface area contributed by atoms with Crippen LogP contribution in [0.1, 0.15) is 30.8 Å². The van der Waals surface area contributed by atoms with Crippen molar-refractivity contribution in [1.82, 2.24) is 15.0 Å². The lowest BCUT2D eigenvalue weighted by Gasteiger charge is -2.17. The Kier molecular flexibility index (Phi) is 5.64. The molecule has 2 aromatic rings. The highest BCUT2D eigenvalue weighted by Crippen LogP contribution is 2.21. The maximum Gasteiger partial charge on any atom is 0.110 e. The number of thioether (sulfide) groups is 1.